The van der Waals surface area contributed by atoms with Crippen LogP contribution >= 0.6 is 27.5 Å². The summed E-state index contributed by atoms with van der Waals surface area (Å²) in [6, 6.07) is 11.9. The number of nitrogens with one attached hydrogen (secondary N) is 1. The van der Waals surface area contributed by atoms with Crippen molar-refractivity contribution in [3.8, 4) is 11.5 Å². The highest BCUT2D eigenvalue weighted by Crippen LogP contribution is 2.36. The Labute approximate surface area is 144 Å². The van der Waals surface area contributed by atoms with Gasteiger partial charge in [-0.15, -0.1) is 0 Å². The lowest BCUT2D eigenvalue weighted by molar-refractivity contribution is 0.294. The van der Waals surface area contributed by atoms with Gasteiger partial charge in [-0.2, -0.15) is 0 Å². The quantitative estimate of drug-likeness (QED) is 0.682. The van der Waals surface area contributed by atoms with Gasteiger partial charge in [0.25, 0.3) is 0 Å². The Hall–Kier alpha value is -1.39. The third-order valence-corrected chi connectivity index (χ3v) is 3.89. The maximum atomic E-state index is 6.31. The number of ether oxygens (including phenoxy) is 2. The van der Waals surface area contributed by atoms with Gasteiger partial charge in [-0.25, -0.2) is 0 Å². The number of rotatable bonds is 7. The predicted octanol–water partition coefficient (Wildman–Crippen LogP) is 5.51. The van der Waals surface area contributed by atoms with Crippen molar-refractivity contribution in [2.45, 2.75) is 19.9 Å². The van der Waals surface area contributed by atoms with E-state index in [0.717, 1.165) is 22.1 Å². The molecule has 0 saturated carbocycles. The summed E-state index contributed by atoms with van der Waals surface area (Å²) in [6.45, 7) is 3.33. The molecule has 2 rings (SSSR count). The highest BCUT2D eigenvalue weighted by molar-refractivity contribution is 9.10. The van der Waals surface area contributed by atoms with Gasteiger partial charge in [-0.1, -0.05) is 34.5 Å². The standard InChI is InChI=1S/C17H19BrClNO2/c1-3-8-22-17-15(19)9-12(10-16(17)21-2)11-20-14-6-4-13(18)5-7-14/h4-7,9-10,20H,3,8,11H2,1-2H3. The number of anilines is 1. The van der Waals surface area contributed by atoms with Crippen LogP contribution in [0.15, 0.2) is 40.9 Å². The van der Waals surface area contributed by atoms with E-state index in [1.807, 2.05) is 36.4 Å². The molecule has 0 bridgehead atoms. The number of benzene rings is 2. The van der Waals surface area contributed by atoms with Crippen LogP contribution in [-0.4, -0.2) is 13.7 Å². The molecule has 0 fully saturated rings. The largest absolute Gasteiger partial charge is 0.493 e. The van der Waals surface area contributed by atoms with Crippen molar-refractivity contribution in [3.63, 3.8) is 0 Å². The minimum absolute atomic E-state index is 0.570. The van der Waals surface area contributed by atoms with Crippen LogP contribution < -0.4 is 14.8 Å². The SMILES string of the molecule is CCCOc1c(Cl)cc(CNc2ccc(Br)cc2)cc1OC. The van der Waals surface area contributed by atoms with Crippen molar-refractivity contribution in [1.82, 2.24) is 0 Å². The molecule has 0 saturated heterocycles. The van der Waals surface area contributed by atoms with Gasteiger partial charge >= 0.3 is 0 Å². The maximum absolute atomic E-state index is 6.31. The monoisotopic (exact) mass is 383 g/mol. The lowest BCUT2D eigenvalue weighted by atomic mass is 10.2. The van der Waals surface area contributed by atoms with Gasteiger partial charge in [-0.05, 0) is 48.4 Å². The van der Waals surface area contributed by atoms with E-state index in [-0.39, 0.29) is 0 Å². The molecular formula is C17H19BrClNO2. The van der Waals surface area contributed by atoms with Gasteiger partial charge in [-0.3, -0.25) is 0 Å². The molecule has 0 aliphatic rings. The second-order valence-corrected chi connectivity index (χ2v) is 6.14. The molecule has 0 unspecified atom stereocenters. The normalized spacial score (nSPS) is 10.4. The molecule has 0 heterocycles. The van der Waals surface area contributed by atoms with Crippen LogP contribution in [0, 0.1) is 0 Å². The summed E-state index contributed by atoms with van der Waals surface area (Å²) < 4.78 is 12.1. The molecule has 2 aromatic carbocycles. The van der Waals surface area contributed by atoms with Crippen LogP contribution in [0.25, 0.3) is 0 Å². The molecule has 0 radical (unpaired) electrons. The van der Waals surface area contributed by atoms with Crippen molar-refractivity contribution in [1.29, 1.82) is 0 Å². The Morgan fingerprint density at radius 1 is 1.18 bits per heavy atom. The summed E-state index contributed by atoms with van der Waals surface area (Å²) in [5.74, 6) is 1.27. The maximum Gasteiger partial charge on any atom is 0.179 e. The number of hydrogen-bond acceptors (Lipinski definition) is 3. The summed E-state index contributed by atoms with van der Waals surface area (Å²) in [5, 5.41) is 3.92. The molecule has 2 aromatic rings. The molecule has 0 aliphatic carbocycles. The van der Waals surface area contributed by atoms with E-state index in [0.29, 0.717) is 29.7 Å². The van der Waals surface area contributed by atoms with E-state index >= 15 is 0 Å². The first-order chi connectivity index (χ1) is 10.6. The molecule has 0 aliphatic heterocycles. The van der Waals surface area contributed by atoms with Crippen LogP contribution in [0.2, 0.25) is 5.02 Å². The minimum atomic E-state index is 0.570. The molecule has 0 aromatic heterocycles. The van der Waals surface area contributed by atoms with Gasteiger partial charge in [0.15, 0.2) is 11.5 Å². The molecule has 0 amide bonds. The predicted molar refractivity (Wildman–Crippen MR) is 95.3 cm³/mol. The molecule has 0 spiro atoms. The third kappa shape index (κ3) is 4.55. The van der Waals surface area contributed by atoms with E-state index < -0.39 is 0 Å². The van der Waals surface area contributed by atoms with Crippen molar-refractivity contribution >= 4 is 33.2 Å². The molecule has 118 valence electrons. The van der Waals surface area contributed by atoms with Crippen LogP contribution in [0.3, 0.4) is 0 Å². The van der Waals surface area contributed by atoms with E-state index in [9.17, 15) is 0 Å². The van der Waals surface area contributed by atoms with E-state index in [4.69, 9.17) is 21.1 Å². The van der Waals surface area contributed by atoms with E-state index in [1.165, 1.54) is 0 Å². The van der Waals surface area contributed by atoms with Crippen molar-refractivity contribution in [2.75, 3.05) is 19.0 Å². The molecule has 22 heavy (non-hydrogen) atoms. The highest BCUT2D eigenvalue weighted by Gasteiger charge is 2.11. The highest BCUT2D eigenvalue weighted by atomic mass is 79.9. The minimum Gasteiger partial charge on any atom is -0.493 e. The summed E-state index contributed by atoms with van der Waals surface area (Å²) in [7, 11) is 1.62. The Bertz CT molecular complexity index is 617. The lowest BCUT2D eigenvalue weighted by Gasteiger charge is -2.14. The fraction of sp³-hybridized carbons (Fsp3) is 0.294. The smallest absolute Gasteiger partial charge is 0.179 e. The average molecular weight is 385 g/mol. The third-order valence-electron chi connectivity index (χ3n) is 3.08. The van der Waals surface area contributed by atoms with Gasteiger partial charge in [0.05, 0.1) is 18.7 Å². The van der Waals surface area contributed by atoms with Crippen LogP contribution in [0.1, 0.15) is 18.9 Å². The number of halogens is 2. The topological polar surface area (TPSA) is 30.5 Å². The Morgan fingerprint density at radius 3 is 2.55 bits per heavy atom. The summed E-state index contributed by atoms with van der Waals surface area (Å²) >= 11 is 9.74. The summed E-state index contributed by atoms with van der Waals surface area (Å²) in [4.78, 5) is 0. The number of methoxy groups -OCH3 is 1. The first kappa shape index (κ1) is 17.0. The van der Waals surface area contributed by atoms with E-state index in [1.54, 1.807) is 7.11 Å². The zero-order valence-corrected chi connectivity index (χ0v) is 15.0. The zero-order chi connectivity index (χ0) is 15.9. The molecule has 1 N–H and O–H groups in total. The fourth-order valence-corrected chi connectivity index (χ4v) is 2.54. The number of hydrogen-bond donors (Lipinski definition) is 1. The first-order valence-corrected chi connectivity index (χ1v) is 8.29. The van der Waals surface area contributed by atoms with Crippen LogP contribution in [-0.2, 0) is 6.54 Å². The van der Waals surface area contributed by atoms with Gasteiger partial charge < -0.3 is 14.8 Å². The Balaban J connectivity index is 2.11. The summed E-state index contributed by atoms with van der Waals surface area (Å²) in [5.41, 5.74) is 2.08. The molecule has 0 atom stereocenters. The fourth-order valence-electron chi connectivity index (χ4n) is 1.99. The molecule has 3 nitrogen and oxygen atoms in total. The van der Waals surface area contributed by atoms with Crippen molar-refractivity contribution < 1.29 is 9.47 Å². The second-order valence-electron chi connectivity index (χ2n) is 4.82. The lowest BCUT2D eigenvalue weighted by Crippen LogP contribution is -2.02. The van der Waals surface area contributed by atoms with Gasteiger partial charge in [0, 0.05) is 16.7 Å². The Morgan fingerprint density at radius 2 is 1.91 bits per heavy atom. The van der Waals surface area contributed by atoms with Crippen LogP contribution in [0.4, 0.5) is 5.69 Å². The van der Waals surface area contributed by atoms with Gasteiger partial charge in [0.2, 0.25) is 0 Å². The van der Waals surface area contributed by atoms with Gasteiger partial charge in [0.1, 0.15) is 0 Å². The molecule has 5 heteroatoms. The van der Waals surface area contributed by atoms with Crippen molar-refractivity contribution in [3.05, 3.63) is 51.5 Å². The second kappa shape index (κ2) is 8.30. The average Bonchev–Trinajstić information content (AvgIpc) is 2.53. The summed E-state index contributed by atoms with van der Waals surface area (Å²) in [6.07, 6.45) is 0.923. The molecular weight excluding hydrogens is 366 g/mol. The Kier molecular flexibility index (Phi) is 6.40. The van der Waals surface area contributed by atoms with Crippen molar-refractivity contribution in [2.24, 2.45) is 0 Å². The van der Waals surface area contributed by atoms with E-state index in [2.05, 4.69) is 28.2 Å². The zero-order valence-electron chi connectivity index (χ0n) is 12.7. The first-order valence-electron chi connectivity index (χ1n) is 7.12. The van der Waals surface area contributed by atoms with Crippen LogP contribution in [0.5, 0.6) is 11.5 Å².